The first-order valence-electron chi connectivity index (χ1n) is 4.79. The zero-order chi connectivity index (χ0) is 10.7. The van der Waals surface area contributed by atoms with E-state index in [4.69, 9.17) is 5.73 Å². The van der Waals surface area contributed by atoms with Crippen LogP contribution in [-0.4, -0.2) is 16.0 Å². The number of nitrogens with two attached hydrogens (primary N) is 1. The molecule has 2 heterocycles. The van der Waals surface area contributed by atoms with Crippen molar-refractivity contribution in [3.63, 3.8) is 0 Å². The second-order valence-corrected chi connectivity index (χ2v) is 5.49. The molecule has 0 fully saturated rings. The predicted octanol–water partition coefficient (Wildman–Crippen LogP) is 2.02. The molecule has 0 aliphatic rings. The van der Waals surface area contributed by atoms with Gasteiger partial charge >= 0.3 is 0 Å². The van der Waals surface area contributed by atoms with Crippen molar-refractivity contribution in [2.75, 3.05) is 0 Å². The molecule has 0 spiro atoms. The fourth-order valence-corrected chi connectivity index (χ4v) is 2.76. The van der Waals surface area contributed by atoms with Gasteiger partial charge in [0, 0.05) is 35.8 Å². The molecule has 0 saturated heterocycles. The van der Waals surface area contributed by atoms with Gasteiger partial charge < -0.3 is 5.73 Å². The molecule has 1 atom stereocenters. The summed E-state index contributed by atoms with van der Waals surface area (Å²) in [5, 5.41) is 6.27. The molecule has 2 aromatic rings. The summed E-state index contributed by atoms with van der Waals surface area (Å²) in [5.41, 5.74) is 7.14. The van der Waals surface area contributed by atoms with Gasteiger partial charge in [-0.05, 0) is 6.92 Å². The van der Waals surface area contributed by atoms with Gasteiger partial charge in [-0.3, -0.25) is 0 Å². The molecular weight excluding hydrogens is 226 g/mol. The van der Waals surface area contributed by atoms with Crippen LogP contribution >= 0.6 is 22.7 Å². The van der Waals surface area contributed by atoms with E-state index < -0.39 is 0 Å². The van der Waals surface area contributed by atoms with Gasteiger partial charge in [0.05, 0.1) is 15.7 Å². The van der Waals surface area contributed by atoms with E-state index in [1.54, 1.807) is 22.7 Å². The van der Waals surface area contributed by atoms with Crippen molar-refractivity contribution in [2.45, 2.75) is 25.8 Å². The van der Waals surface area contributed by atoms with Crippen LogP contribution in [0.2, 0.25) is 0 Å². The van der Waals surface area contributed by atoms with Crippen LogP contribution in [0.1, 0.15) is 15.7 Å². The highest BCUT2D eigenvalue weighted by Crippen LogP contribution is 2.12. The first kappa shape index (κ1) is 10.7. The van der Waals surface area contributed by atoms with Crippen molar-refractivity contribution < 1.29 is 0 Å². The topological polar surface area (TPSA) is 51.8 Å². The Morgan fingerprint density at radius 3 is 2.87 bits per heavy atom. The van der Waals surface area contributed by atoms with E-state index in [1.165, 1.54) is 0 Å². The minimum atomic E-state index is 0.123. The van der Waals surface area contributed by atoms with E-state index in [2.05, 4.69) is 15.3 Å². The van der Waals surface area contributed by atoms with Crippen LogP contribution in [0.4, 0.5) is 0 Å². The minimum absolute atomic E-state index is 0.123. The quantitative estimate of drug-likeness (QED) is 0.888. The number of rotatable bonds is 4. The van der Waals surface area contributed by atoms with Gasteiger partial charge in [0.2, 0.25) is 0 Å². The highest BCUT2D eigenvalue weighted by atomic mass is 32.1. The maximum Gasteiger partial charge on any atom is 0.0940 e. The standard InChI is InChI=1S/C10H13N3S2/c1-7-13-9(6-15-7)4-8(11)5-10-12-2-3-14-10/h2-3,6,8H,4-5,11H2,1H3. The smallest absolute Gasteiger partial charge is 0.0940 e. The van der Waals surface area contributed by atoms with E-state index in [-0.39, 0.29) is 6.04 Å². The van der Waals surface area contributed by atoms with Gasteiger partial charge in [0.25, 0.3) is 0 Å². The molecule has 1 unspecified atom stereocenters. The van der Waals surface area contributed by atoms with E-state index in [0.717, 1.165) is 28.6 Å². The normalized spacial score (nSPS) is 12.9. The van der Waals surface area contributed by atoms with E-state index in [0.29, 0.717) is 0 Å². The number of aryl methyl sites for hydroxylation is 1. The Hall–Kier alpha value is -0.780. The molecule has 2 N–H and O–H groups in total. The Bertz CT molecular complexity index is 408. The van der Waals surface area contributed by atoms with Gasteiger partial charge in [0.1, 0.15) is 0 Å². The minimum Gasteiger partial charge on any atom is -0.327 e. The molecule has 15 heavy (non-hydrogen) atoms. The summed E-state index contributed by atoms with van der Waals surface area (Å²) < 4.78 is 0. The Labute approximate surface area is 97.0 Å². The van der Waals surface area contributed by atoms with E-state index in [1.807, 2.05) is 18.5 Å². The van der Waals surface area contributed by atoms with Crippen LogP contribution in [0.15, 0.2) is 17.0 Å². The number of aromatic nitrogens is 2. The van der Waals surface area contributed by atoms with Gasteiger partial charge in [-0.25, -0.2) is 9.97 Å². The molecule has 0 aliphatic carbocycles. The van der Waals surface area contributed by atoms with Gasteiger partial charge in [-0.15, -0.1) is 22.7 Å². The van der Waals surface area contributed by atoms with Crippen molar-refractivity contribution in [1.82, 2.24) is 9.97 Å². The maximum atomic E-state index is 6.04. The zero-order valence-electron chi connectivity index (χ0n) is 8.51. The Balaban J connectivity index is 1.90. The average Bonchev–Trinajstić information content (AvgIpc) is 2.77. The maximum absolute atomic E-state index is 6.04. The van der Waals surface area contributed by atoms with Gasteiger partial charge in [-0.1, -0.05) is 0 Å². The van der Waals surface area contributed by atoms with Crippen LogP contribution in [0, 0.1) is 6.92 Å². The Morgan fingerprint density at radius 1 is 1.40 bits per heavy atom. The molecule has 0 saturated carbocycles. The van der Waals surface area contributed by atoms with Gasteiger partial charge in [0.15, 0.2) is 0 Å². The molecule has 0 aromatic carbocycles. The number of thiazole rings is 2. The molecule has 80 valence electrons. The molecule has 0 aliphatic heterocycles. The Morgan fingerprint density at radius 2 is 2.27 bits per heavy atom. The first-order valence-corrected chi connectivity index (χ1v) is 6.55. The second-order valence-electron chi connectivity index (χ2n) is 3.45. The largest absolute Gasteiger partial charge is 0.327 e. The summed E-state index contributed by atoms with van der Waals surface area (Å²) in [6.45, 7) is 2.01. The number of hydrogen-bond acceptors (Lipinski definition) is 5. The lowest BCUT2D eigenvalue weighted by Crippen LogP contribution is -2.25. The second kappa shape index (κ2) is 4.83. The average molecular weight is 239 g/mol. The summed E-state index contributed by atoms with van der Waals surface area (Å²) >= 11 is 3.33. The highest BCUT2D eigenvalue weighted by molar-refractivity contribution is 7.09. The molecular formula is C10H13N3S2. The van der Waals surface area contributed by atoms with Crippen LogP contribution in [-0.2, 0) is 12.8 Å². The van der Waals surface area contributed by atoms with Crippen LogP contribution < -0.4 is 5.73 Å². The predicted molar refractivity (Wildman–Crippen MR) is 64.3 cm³/mol. The lowest BCUT2D eigenvalue weighted by Gasteiger charge is -2.06. The molecule has 3 nitrogen and oxygen atoms in total. The van der Waals surface area contributed by atoms with Gasteiger partial charge in [-0.2, -0.15) is 0 Å². The van der Waals surface area contributed by atoms with E-state index >= 15 is 0 Å². The first-order chi connectivity index (χ1) is 7.24. The monoisotopic (exact) mass is 239 g/mol. The van der Waals surface area contributed by atoms with Crippen LogP contribution in [0.5, 0.6) is 0 Å². The number of nitrogens with zero attached hydrogens (tertiary/aromatic N) is 2. The van der Waals surface area contributed by atoms with Crippen molar-refractivity contribution in [2.24, 2.45) is 5.73 Å². The highest BCUT2D eigenvalue weighted by Gasteiger charge is 2.08. The SMILES string of the molecule is Cc1nc(CC(N)Cc2nccs2)cs1. The lowest BCUT2D eigenvalue weighted by atomic mass is 10.1. The summed E-state index contributed by atoms with van der Waals surface area (Å²) in [6.07, 6.45) is 3.50. The third-order valence-electron chi connectivity index (χ3n) is 2.06. The molecule has 0 bridgehead atoms. The molecule has 0 radical (unpaired) electrons. The fraction of sp³-hybridized carbons (Fsp3) is 0.400. The van der Waals surface area contributed by atoms with Crippen LogP contribution in [0.25, 0.3) is 0 Å². The summed E-state index contributed by atoms with van der Waals surface area (Å²) in [4.78, 5) is 8.63. The molecule has 5 heteroatoms. The lowest BCUT2D eigenvalue weighted by molar-refractivity contribution is 0.653. The molecule has 2 aromatic heterocycles. The molecule has 2 rings (SSSR count). The Kier molecular flexibility index (Phi) is 3.45. The summed E-state index contributed by atoms with van der Waals surface area (Å²) in [5.74, 6) is 0. The third kappa shape index (κ3) is 3.09. The fourth-order valence-electron chi connectivity index (χ4n) is 1.42. The van der Waals surface area contributed by atoms with Crippen molar-refractivity contribution in [1.29, 1.82) is 0 Å². The third-order valence-corrected chi connectivity index (χ3v) is 3.68. The summed E-state index contributed by atoms with van der Waals surface area (Å²) in [6, 6.07) is 0.123. The van der Waals surface area contributed by atoms with Crippen molar-refractivity contribution >= 4 is 22.7 Å². The summed E-state index contributed by atoms with van der Waals surface area (Å²) in [7, 11) is 0. The van der Waals surface area contributed by atoms with Crippen molar-refractivity contribution in [3.05, 3.63) is 32.7 Å². The van der Waals surface area contributed by atoms with Crippen LogP contribution in [0.3, 0.4) is 0 Å². The number of hydrogen-bond donors (Lipinski definition) is 1. The van der Waals surface area contributed by atoms with E-state index in [9.17, 15) is 0 Å². The van der Waals surface area contributed by atoms with Crippen molar-refractivity contribution in [3.8, 4) is 0 Å². The zero-order valence-corrected chi connectivity index (χ0v) is 10.1. The molecule has 0 amide bonds.